The summed E-state index contributed by atoms with van der Waals surface area (Å²) < 4.78 is 5.66. The summed E-state index contributed by atoms with van der Waals surface area (Å²) in [6.07, 6.45) is 4.40. The highest BCUT2D eigenvalue weighted by molar-refractivity contribution is 8.00. The molecular weight excluding hydrogens is 320 g/mol. The maximum atomic E-state index is 5.66. The third-order valence-electron chi connectivity index (χ3n) is 4.41. The molecule has 2 heterocycles. The molecule has 6 heteroatoms. The second-order valence-corrected chi connectivity index (χ2v) is 7.40. The molecule has 0 saturated carbocycles. The second-order valence-electron chi connectivity index (χ2n) is 5.99. The lowest BCUT2D eigenvalue weighted by Gasteiger charge is -2.27. The molecule has 1 saturated heterocycles. The molecule has 0 radical (unpaired) electrons. The van der Waals surface area contributed by atoms with E-state index in [-0.39, 0.29) is 6.04 Å². The summed E-state index contributed by atoms with van der Waals surface area (Å²) in [5.74, 6) is 3.20. The zero-order valence-electron chi connectivity index (χ0n) is 15.3. The minimum atomic E-state index is 0.186. The van der Waals surface area contributed by atoms with Crippen LogP contribution in [0.1, 0.15) is 45.4 Å². The molecule has 5 nitrogen and oxygen atoms in total. The van der Waals surface area contributed by atoms with Gasteiger partial charge in [0.25, 0.3) is 0 Å². The molecular formula is C18H32N4OS. The Labute approximate surface area is 150 Å². The maximum absolute atomic E-state index is 5.66. The first-order chi connectivity index (χ1) is 11.8. The SMILES string of the molecule is CCNC(=NCC(c1ccco1)N(CC)CC)NCC1CCCS1. The number of aliphatic imine (C=N–C) groups is 1. The van der Waals surface area contributed by atoms with Crippen LogP contribution in [0.15, 0.2) is 27.8 Å². The second kappa shape index (κ2) is 10.7. The number of likely N-dealkylation sites (N-methyl/N-ethyl adjacent to an activating group) is 1. The van der Waals surface area contributed by atoms with Crippen molar-refractivity contribution in [1.82, 2.24) is 15.5 Å². The molecule has 0 spiro atoms. The number of nitrogens with zero attached hydrogens (tertiary/aromatic N) is 2. The topological polar surface area (TPSA) is 52.8 Å². The highest BCUT2D eigenvalue weighted by atomic mass is 32.2. The molecule has 2 unspecified atom stereocenters. The van der Waals surface area contributed by atoms with Crippen LogP contribution in [0.4, 0.5) is 0 Å². The van der Waals surface area contributed by atoms with Crippen LogP contribution in [0.5, 0.6) is 0 Å². The van der Waals surface area contributed by atoms with Gasteiger partial charge in [0.2, 0.25) is 0 Å². The van der Waals surface area contributed by atoms with Crippen LogP contribution >= 0.6 is 11.8 Å². The number of furan rings is 1. The van der Waals surface area contributed by atoms with Crippen LogP contribution in [-0.4, -0.2) is 54.6 Å². The Morgan fingerprint density at radius 3 is 2.79 bits per heavy atom. The number of hydrogen-bond donors (Lipinski definition) is 2. The molecule has 1 aromatic rings. The molecule has 24 heavy (non-hydrogen) atoms. The minimum Gasteiger partial charge on any atom is -0.468 e. The molecule has 0 bridgehead atoms. The van der Waals surface area contributed by atoms with Gasteiger partial charge < -0.3 is 15.1 Å². The lowest BCUT2D eigenvalue weighted by Crippen LogP contribution is -2.41. The molecule has 1 aromatic heterocycles. The van der Waals surface area contributed by atoms with E-state index in [0.717, 1.165) is 43.1 Å². The van der Waals surface area contributed by atoms with E-state index in [4.69, 9.17) is 9.41 Å². The lowest BCUT2D eigenvalue weighted by molar-refractivity contribution is 0.198. The predicted molar refractivity (Wildman–Crippen MR) is 104 cm³/mol. The van der Waals surface area contributed by atoms with Gasteiger partial charge in [-0.2, -0.15) is 11.8 Å². The van der Waals surface area contributed by atoms with E-state index in [1.54, 1.807) is 6.26 Å². The van der Waals surface area contributed by atoms with Crippen LogP contribution in [0, 0.1) is 0 Å². The van der Waals surface area contributed by atoms with Gasteiger partial charge in [-0.1, -0.05) is 13.8 Å². The molecule has 2 atom stereocenters. The number of rotatable bonds is 9. The summed E-state index contributed by atoms with van der Waals surface area (Å²) in [4.78, 5) is 7.22. The average molecular weight is 353 g/mol. The third kappa shape index (κ3) is 5.74. The fourth-order valence-electron chi connectivity index (χ4n) is 3.07. The van der Waals surface area contributed by atoms with Crippen LogP contribution in [0.25, 0.3) is 0 Å². The number of guanidine groups is 1. The summed E-state index contributed by atoms with van der Waals surface area (Å²) in [5.41, 5.74) is 0. The number of hydrogen-bond acceptors (Lipinski definition) is 4. The molecule has 136 valence electrons. The summed E-state index contributed by atoms with van der Waals surface area (Å²) in [5, 5.41) is 7.59. The molecule has 1 aliphatic rings. The molecule has 1 aliphatic heterocycles. The van der Waals surface area contributed by atoms with Crippen LogP contribution in [-0.2, 0) is 0 Å². The van der Waals surface area contributed by atoms with Crippen molar-refractivity contribution in [2.75, 3.05) is 38.5 Å². The van der Waals surface area contributed by atoms with Gasteiger partial charge in [0.1, 0.15) is 5.76 Å². The Hall–Kier alpha value is -1.14. The van der Waals surface area contributed by atoms with E-state index >= 15 is 0 Å². The quantitative estimate of drug-likeness (QED) is 0.528. The number of nitrogens with one attached hydrogen (secondary N) is 2. The third-order valence-corrected chi connectivity index (χ3v) is 5.81. The van der Waals surface area contributed by atoms with Crippen molar-refractivity contribution in [2.45, 2.75) is 44.9 Å². The van der Waals surface area contributed by atoms with E-state index in [1.165, 1.54) is 18.6 Å². The fourth-order valence-corrected chi connectivity index (χ4v) is 4.27. The highest BCUT2D eigenvalue weighted by Crippen LogP contribution is 2.25. The summed E-state index contributed by atoms with van der Waals surface area (Å²) >= 11 is 2.07. The van der Waals surface area contributed by atoms with Gasteiger partial charge in [0, 0.05) is 18.3 Å². The van der Waals surface area contributed by atoms with E-state index in [0.29, 0.717) is 6.54 Å². The molecule has 2 rings (SSSR count). The van der Waals surface area contributed by atoms with Crippen molar-refractivity contribution in [3.63, 3.8) is 0 Å². The molecule has 0 aliphatic carbocycles. The van der Waals surface area contributed by atoms with Gasteiger partial charge in [-0.25, -0.2) is 0 Å². The predicted octanol–water partition coefficient (Wildman–Crippen LogP) is 3.11. The van der Waals surface area contributed by atoms with E-state index in [2.05, 4.69) is 48.1 Å². The van der Waals surface area contributed by atoms with Gasteiger partial charge in [0.05, 0.1) is 18.8 Å². The van der Waals surface area contributed by atoms with E-state index < -0.39 is 0 Å². The van der Waals surface area contributed by atoms with Crippen molar-refractivity contribution >= 4 is 17.7 Å². The Morgan fingerprint density at radius 1 is 1.38 bits per heavy atom. The Balaban J connectivity index is 1.99. The monoisotopic (exact) mass is 352 g/mol. The Kier molecular flexibility index (Phi) is 8.53. The van der Waals surface area contributed by atoms with Crippen molar-refractivity contribution in [3.05, 3.63) is 24.2 Å². The highest BCUT2D eigenvalue weighted by Gasteiger charge is 2.21. The first kappa shape index (κ1) is 19.2. The first-order valence-corrected chi connectivity index (χ1v) is 10.2. The molecule has 1 fully saturated rings. The van der Waals surface area contributed by atoms with Crippen molar-refractivity contribution in [1.29, 1.82) is 0 Å². The summed E-state index contributed by atoms with van der Waals surface area (Å²) in [6.45, 7) is 11.0. The zero-order chi connectivity index (χ0) is 17.2. The average Bonchev–Trinajstić information content (AvgIpc) is 3.29. The van der Waals surface area contributed by atoms with Gasteiger partial charge in [0.15, 0.2) is 5.96 Å². The minimum absolute atomic E-state index is 0.186. The number of thioether (sulfide) groups is 1. The van der Waals surface area contributed by atoms with Crippen LogP contribution < -0.4 is 10.6 Å². The van der Waals surface area contributed by atoms with Crippen molar-refractivity contribution in [2.24, 2.45) is 4.99 Å². The Morgan fingerprint density at radius 2 is 2.21 bits per heavy atom. The molecule has 2 N–H and O–H groups in total. The van der Waals surface area contributed by atoms with Gasteiger partial charge in [-0.05, 0) is 50.7 Å². The van der Waals surface area contributed by atoms with Crippen molar-refractivity contribution in [3.8, 4) is 0 Å². The van der Waals surface area contributed by atoms with Crippen LogP contribution in [0.2, 0.25) is 0 Å². The lowest BCUT2D eigenvalue weighted by atomic mass is 10.2. The normalized spacial score (nSPS) is 19.7. The van der Waals surface area contributed by atoms with Gasteiger partial charge >= 0.3 is 0 Å². The van der Waals surface area contributed by atoms with Crippen LogP contribution in [0.3, 0.4) is 0 Å². The standard InChI is InChI=1S/C18H32N4OS/c1-4-19-18(20-13-15-9-8-12-24-15)21-14-16(22(5-2)6-3)17-10-7-11-23-17/h7,10-11,15-16H,4-6,8-9,12-14H2,1-3H3,(H2,19,20,21). The summed E-state index contributed by atoms with van der Waals surface area (Å²) in [6, 6.07) is 4.19. The van der Waals surface area contributed by atoms with Gasteiger partial charge in [-0.15, -0.1) is 0 Å². The molecule has 0 aromatic carbocycles. The summed E-state index contributed by atoms with van der Waals surface area (Å²) in [7, 11) is 0. The fraction of sp³-hybridized carbons (Fsp3) is 0.722. The maximum Gasteiger partial charge on any atom is 0.191 e. The smallest absolute Gasteiger partial charge is 0.191 e. The first-order valence-electron chi connectivity index (χ1n) is 9.19. The Bertz CT molecular complexity index is 467. The largest absolute Gasteiger partial charge is 0.468 e. The van der Waals surface area contributed by atoms with E-state index in [9.17, 15) is 0 Å². The molecule has 0 amide bonds. The van der Waals surface area contributed by atoms with Crippen molar-refractivity contribution < 1.29 is 4.42 Å². The van der Waals surface area contributed by atoms with E-state index in [1.807, 2.05) is 12.1 Å². The van der Waals surface area contributed by atoms with Gasteiger partial charge in [-0.3, -0.25) is 9.89 Å². The zero-order valence-corrected chi connectivity index (χ0v) is 16.1.